The van der Waals surface area contributed by atoms with Gasteiger partial charge in [0.2, 0.25) is 5.91 Å². The van der Waals surface area contributed by atoms with E-state index in [0.29, 0.717) is 30.7 Å². The molecule has 2 amide bonds. The van der Waals surface area contributed by atoms with Crippen molar-refractivity contribution in [2.24, 2.45) is 5.92 Å². The number of nitrogens with zero attached hydrogens (tertiary/aromatic N) is 1. The third-order valence-electron chi connectivity index (χ3n) is 6.20. The molecule has 0 aromatic heterocycles. The molecule has 2 unspecified atom stereocenters. The van der Waals surface area contributed by atoms with Gasteiger partial charge in [-0.2, -0.15) is 0 Å². The number of hydrogen-bond acceptors (Lipinski definition) is 3. The summed E-state index contributed by atoms with van der Waals surface area (Å²) in [6, 6.07) is 13.8. The number of halogens is 2. The van der Waals surface area contributed by atoms with E-state index in [-0.39, 0.29) is 23.9 Å². The molecule has 1 N–H and O–H groups in total. The zero-order valence-corrected chi connectivity index (χ0v) is 18.6. The highest BCUT2D eigenvalue weighted by Crippen LogP contribution is 2.30. The molecule has 2 atom stereocenters. The molecule has 3 aromatic carbocycles. The van der Waals surface area contributed by atoms with Crippen molar-refractivity contribution in [3.05, 3.63) is 77.4 Å². The number of carbonyl (C=O) groups is 2. The van der Waals surface area contributed by atoms with Crippen LogP contribution in [0.15, 0.2) is 54.6 Å². The lowest BCUT2D eigenvalue weighted by Gasteiger charge is -2.33. The first-order valence-corrected chi connectivity index (χ1v) is 11.0. The standard InChI is InChI=1S/C26H26F2N2O3/c1-16(19-10-9-18(27)14-23(19)28)29-25(31)17-6-5-13-30(15-17)26(32)22-11-12-24(33-2)21-8-4-3-7-20(21)22/h3-4,7-12,14,16-17H,5-6,13,15H2,1-2H3,(H,29,31). The summed E-state index contributed by atoms with van der Waals surface area (Å²) in [6.07, 6.45) is 1.33. The molecule has 4 rings (SSSR count). The summed E-state index contributed by atoms with van der Waals surface area (Å²) in [5.74, 6) is -1.46. The van der Waals surface area contributed by atoms with Crippen LogP contribution in [0.25, 0.3) is 10.8 Å². The van der Waals surface area contributed by atoms with Crippen molar-refractivity contribution in [2.75, 3.05) is 20.2 Å². The van der Waals surface area contributed by atoms with Crippen LogP contribution in [0.1, 0.15) is 41.7 Å². The normalized spacial score (nSPS) is 17.0. The molecule has 5 nitrogen and oxygen atoms in total. The minimum Gasteiger partial charge on any atom is -0.496 e. The molecule has 172 valence electrons. The Balaban J connectivity index is 1.49. The molecule has 3 aromatic rings. The Labute approximate surface area is 191 Å². The molecule has 1 aliphatic rings. The number of methoxy groups -OCH3 is 1. The van der Waals surface area contributed by atoms with Crippen molar-refractivity contribution in [1.82, 2.24) is 10.2 Å². The Bertz CT molecular complexity index is 1200. The van der Waals surface area contributed by atoms with Crippen molar-refractivity contribution >= 4 is 22.6 Å². The van der Waals surface area contributed by atoms with Gasteiger partial charge in [0.05, 0.1) is 19.1 Å². The molecule has 0 spiro atoms. The van der Waals surface area contributed by atoms with Gasteiger partial charge in [0.1, 0.15) is 17.4 Å². The fraction of sp³-hybridized carbons (Fsp3) is 0.308. The van der Waals surface area contributed by atoms with Gasteiger partial charge in [-0.3, -0.25) is 9.59 Å². The smallest absolute Gasteiger partial charge is 0.254 e. The van der Waals surface area contributed by atoms with E-state index in [1.807, 2.05) is 24.3 Å². The van der Waals surface area contributed by atoms with E-state index in [0.717, 1.165) is 16.8 Å². The van der Waals surface area contributed by atoms with Crippen molar-refractivity contribution in [1.29, 1.82) is 0 Å². The van der Waals surface area contributed by atoms with E-state index in [1.165, 1.54) is 12.1 Å². The molecule has 0 bridgehead atoms. The fourth-order valence-electron chi connectivity index (χ4n) is 4.44. The number of benzene rings is 3. The van der Waals surface area contributed by atoms with E-state index >= 15 is 0 Å². The zero-order valence-electron chi connectivity index (χ0n) is 18.6. The maximum Gasteiger partial charge on any atom is 0.254 e. The molecular formula is C26H26F2N2O3. The average molecular weight is 453 g/mol. The number of amides is 2. The minimum absolute atomic E-state index is 0.135. The van der Waals surface area contributed by atoms with Gasteiger partial charge in [0.25, 0.3) is 5.91 Å². The second-order valence-corrected chi connectivity index (χ2v) is 8.35. The molecule has 1 fully saturated rings. The van der Waals surface area contributed by atoms with E-state index in [2.05, 4.69) is 5.32 Å². The second-order valence-electron chi connectivity index (χ2n) is 8.35. The summed E-state index contributed by atoms with van der Waals surface area (Å²) < 4.78 is 32.7. The lowest BCUT2D eigenvalue weighted by molar-refractivity contribution is -0.127. The number of piperidine rings is 1. The SMILES string of the molecule is COc1ccc(C(=O)N2CCCC(C(=O)NC(C)c3ccc(F)cc3F)C2)c2ccccc12. The fourth-order valence-corrected chi connectivity index (χ4v) is 4.44. The third-order valence-corrected chi connectivity index (χ3v) is 6.20. The lowest BCUT2D eigenvalue weighted by Crippen LogP contribution is -2.46. The largest absolute Gasteiger partial charge is 0.496 e. The van der Waals surface area contributed by atoms with Gasteiger partial charge in [0.15, 0.2) is 0 Å². The molecular weight excluding hydrogens is 426 g/mol. The summed E-state index contributed by atoms with van der Waals surface area (Å²) >= 11 is 0. The van der Waals surface area contributed by atoms with Crippen LogP contribution in [0, 0.1) is 17.6 Å². The van der Waals surface area contributed by atoms with Crippen LogP contribution in [-0.2, 0) is 4.79 Å². The molecule has 0 saturated carbocycles. The van der Waals surface area contributed by atoms with Crippen LogP contribution >= 0.6 is 0 Å². The molecule has 33 heavy (non-hydrogen) atoms. The average Bonchev–Trinajstić information content (AvgIpc) is 2.82. The molecule has 0 aliphatic carbocycles. The van der Waals surface area contributed by atoms with E-state index in [9.17, 15) is 18.4 Å². The number of fused-ring (bicyclic) bond motifs is 1. The number of ether oxygens (including phenoxy) is 1. The number of rotatable bonds is 5. The van der Waals surface area contributed by atoms with E-state index in [4.69, 9.17) is 4.74 Å². The molecule has 7 heteroatoms. The minimum atomic E-state index is -0.699. The topological polar surface area (TPSA) is 58.6 Å². The Morgan fingerprint density at radius 3 is 2.58 bits per heavy atom. The Kier molecular flexibility index (Phi) is 6.58. The summed E-state index contributed by atoms with van der Waals surface area (Å²) in [6.45, 7) is 2.50. The molecule has 1 heterocycles. The van der Waals surface area contributed by atoms with Crippen LogP contribution in [-0.4, -0.2) is 36.9 Å². The highest BCUT2D eigenvalue weighted by molar-refractivity contribution is 6.08. The van der Waals surface area contributed by atoms with Gasteiger partial charge >= 0.3 is 0 Å². The van der Waals surface area contributed by atoms with Crippen LogP contribution in [0.3, 0.4) is 0 Å². The first-order chi connectivity index (χ1) is 15.9. The second kappa shape index (κ2) is 9.57. The number of nitrogens with one attached hydrogen (secondary N) is 1. The van der Waals surface area contributed by atoms with Gasteiger partial charge in [-0.1, -0.05) is 30.3 Å². The maximum atomic E-state index is 14.1. The Morgan fingerprint density at radius 2 is 1.85 bits per heavy atom. The van der Waals surface area contributed by atoms with Gasteiger partial charge < -0.3 is 15.0 Å². The summed E-state index contributed by atoms with van der Waals surface area (Å²) in [7, 11) is 1.59. The molecule has 1 saturated heterocycles. The highest BCUT2D eigenvalue weighted by Gasteiger charge is 2.30. The Hall–Kier alpha value is -3.48. The van der Waals surface area contributed by atoms with Crippen LogP contribution in [0.5, 0.6) is 5.75 Å². The van der Waals surface area contributed by atoms with Crippen molar-refractivity contribution in [3.8, 4) is 5.75 Å². The van der Waals surface area contributed by atoms with Gasteiger partial charge in [0, 0.05) is 35.7 Å². The van der Waals surface area contributed by atoms with Crippen molar-refractivity contribution < 1.29 is 23.1 Å². The third kappa shape index (κ3) is 4.67. The van der Waals surface area contributed by atoms with Gasteiger partial charge in [-0.05, 0) is 43.4 Å². The number of carbonyl (C=O) groups excluding carboxylic acids is 2. The highest BCUT2D eigenvalue weighted by atomic mass is 19.1. The van der Waals surface area contributed by atoms with E-state index < -0.39 is 23.6 Å². The maximum absolute atomic E-state index is 14.1. The first kappa shape index (κ1) is 22.7. The predicted octanol–water partition coefficient (Wildman–Crippen LogP) is 4.86. The summed E-state index contributed by atoms with van der Waals surface area (Å²) in [5, 5.41) is 4.47. The number of hydrogen-bond donors (Lipinski definition) is 1. The quantitative estimate of drug-likeness (QED) is 0.602. The number of likely N-dealkylation sites (tertiary alicyclic amines) is 1. The molecule has 0 radical (unpaired) electrons. The summed E-state index contributed by atoms with van der Waals surface area (Å²) in [5.41, 5.74) is 0.785. The van der Waals surface area contributed by atoms with Crippen molar-refractivity contribution in [3.63, 3.8) is 0 Å². The molecule has 1 aliphatic heterocycles. The van der Waals surface area contributed by atoms with Gasteiger partial charge in [-0.25, -0.2) is 8.78 Å². The Morgan fingerprint density at radius 1 is 1.09 bits per heavy atom. The lowest BCUT2D eigenvalue weighted by atomic mass is 9.95. The zero-order chi connectivity index (χ0) is 23.5. The van der Waals surface area contributed by atoms with Crippen molar-refractivity contribution in [2.45, 2.75) is 25.8 Å². The first-order valence-electron chi connectivity index (χ1n) is 11.0. The van der Waals surface area contributed by atoms with Crippen LogP contribution < -0.4 is 10.1 Å². The van der Waals surface area contributed by atoms with Crippen LogP contribution in [0.4, 0.5) is 8.78 Å². The van der Waals surface area contributed by atoms with E-state index in [1.54, 1.807) is 31.1 Å². The summed E-state index contributed by atoms with van der Waals surface area (Å²) in [4.78, 5) is 28.0. The van der Waals surface area contributed by atoms with Crippen LogP contribution in [0.2, 0.25) is 0 Å². The predicted molar refractivity (Wildman–Crippen MR) is 122 cm³/mol. The monoisotopic (exact) mass is 452 g/mol. The van der Waals surface area contributed by atoms with Gasteiger partial charge in [-0.15, -0.1) is 0 Å².